The third-order valence-electron chi connectivity index (χ3n) is 2.98. The summed E-state index contributed by atoms with van der Waals surface area (Å²) in [7, 11) is 0. The molecule has 3 nitrogen and oxygen atoms in total. The molecular weight excluding hydrogens is 290 g/mol. The molecule has 1 heterocycles. The van der Waals surface area contributed by atoms with E-state index in [-0.39, 0.29) is 0 Å². The lowest BCUT2D eigenvalue weighted by molar-refractivity contribution is 0.826. The fourth-order valence-corrected chi connectivity index (χ4v) is 2.41. The molecule has 0 radical (unpaired) electrons. The molecule has 0 fully saturated rings. The Balaban J connectivity index is 2.01. The second-order valence-electron chi connectivity index (χ2n) is 4.20. The van der Waals surface area contributed by atoms with Gasteiger partial charge in [-0.15, -0.1) is 0 Å². The molecule has 18 heavy (non-hydrogen) atoms. The van der Waals surface area contributed by atoms with Crippen molar-refractivity contribution < 1.29 is 0 Å². The monoisotopic (exact) mass is 301 g/mol. The van der Waals surface area contributed by atoms with Gasteiger partial charge in [-0.1, -0.05) is 34.1 Å². The highest BCUT2D eigenvalue weighted by atomic mass is 79.9. The van der Waals surface area contributed by atoms with Gasteiger partial charge in [0.1, 0.15) is 0 Å². The summed E-state index contributed by atoms with van der Waals surface area (Å²) in [5.41, 5.74) is 10.0. The minimum atomic E-state index is 0.736. The van der Waals surface area contributed by atoms with E-state index in [9.17, 15) is 0 Å². The van der Waals surface area contributed by atoms with Crippen LogP contribution in [0.25, 0.3) is 11.0 Å². The minimum Gasteiger partial charge on any atom is -0.398 e. The number of anilines is 1. The predicted octanol–water partition coefficient (Wildman–Crippen LogP) is 3.43. The van der Waals surface area contributed by atoms with Crippen molar-refractivity contribution in [3.8, 4) is 0 Å². The maximum Gasteiger partial charge on any atom is 0.0961 e. The van der Waals surface area contributed by atoms with Gasteiger partial charge in [0.2, 0.25) is 0 Å². The predicted molar refractivity (Wildman–Crippen MR) is 77.4 cm³/mol. The van der Waals surface area contributed by atoms with E-state index in [1.54, 1.807) is 0 Å². The smallest absolute Gasteiger partial charge is 0.0961 e. The van der Waals surface area contributed by atoms with E-state index in [0.29, 0.717) is 0 Å². The van der Waals surface area contributed by atoms with Gasteiger partial charge in [0.25, 0.3) is 0 Å². The number of nitrogens with two attached hydrogens (primary N) is 1. The number of nitrogens with zero attached hydrogens (tertiary/aromatic N) is 2. The Labute approximate surface area is 113 Å². The molecule has 0 aliphatic rings. The lowest BCUT2D eigenvalue weighted by Gasteiger charge is -2.08. The molecule has 3 aromatic rings. The van der Waals surface area contributed by atoms with Crippen molar-refractivity contribution in [2.75, 3.05) is 5.73 Å². The average Bonchev–Trinajstić information content (AvgIpc) is 2.76. The van der Waals surface area contributed by atoms with Crippen LogP contribution in [0.4, 0.5) is 5.69 Å². The first-order valence-electron chi connectivity index (χ1n) is 5.68. The molecule has 0 saturated carbocycles. The molecule has 2 aromatic carbocycles. The minimum absolute atomic E-state index is 0.736. The van der Waals surface area contributed by atoms with E-state index in [2.05, 4.69) is 31.5 Å². The topological polar surface area (TPSA) is 43.8 Å². The number of imidazole rings is 1. The normalized spacial score (nSPS) is 10.9. The van der Waals surface area contributed by atoms with Crippen LogP contribution >= 0.6 is 15.9 Å². The van der Waals surface area contributed by atoms with Crippen molar-refractivity contribution >= 4 is 32.7 Å². The molecule has 0 bridgehead atoms. The molecule has 0 amide bonds. The molecule has 1 aromatic heterocycles. The molecule has 0 aliphatic carbocycles. The Hall–Kier alpha value is -1.81. The van der Waals surface area contributed by atoms with Crippen LogP contribution in [0.1, 0.15) is 5.56 Å². The molecule has 0 saturated heterocycles. The number of para-hydroxylation sites is 2. The van der Waals surface area contributed by atoms with Crippen LogP contribution < -0.4 is 5.73 Å². The van der Waals surface area contributed by atoms with Crippen LogP contribution in [0, 0.1) is 0 Å². The second-order valence-corrected chi connectivity index (χ2v) is 5.12. The van der Waals surface area contributed by atoms with Gasteiger partial charge in [0.15, 0.2) is 0 Å². The summed E-state index contributed by atoms with van der Waals surface area (Å²) in [6.45, 7) is 0.736. The lowest BCUT2D eigenvalue weighted by Crippen LogP contribution is -2.01. The van der Waals surface area contributed by atoms with Crippen molar-refractivity contribution in [3.63, 3.8) is 0 Å². The number of hydrogen-bond acceptors (Lipinski definition) is 2. The van der Waals surface area contributed by atoms with Crippen LogP contribution in [0.15, 0.2) is 53.3 Å². The van der Waals surface area contributed by atoms with Crippen molar-refractivity contribution in [2.45, 2.75) is 6.54 Å². The SMILES string of the molecule is Nc1cc(Br)ccc1Cn1cnc2ccccc21. The van der Waals surface area contributed by atoms with E-state index in [0.717, 1.165) is 33.3 Å². The van der Waals surface area contributed by atoms with Crippen LogP contribution in [-0.2, 0) is 6.54 Å². The largest absolute Gasteiger partial charge is 0.398 e. The first kappa shape index (κ1) is 11.3. The number of fused-ring (bicyclic) bond motifs is 1. The number of rotatable bonds is 2. The Morgan fingerprint density at radius 2 is 2.00 bits per heavy atom. The number of aromatic nitrogens is 2. The van der Waals surface area contributed by atoms with Gasteiger partial charge < -0.3 is 10.3 Å². The summed E-state index contributed by atoms with van der Waals surface area (Å²) >= 11 is 3.41. The highest BCUT2D eigenvalue weighted by molar-refractivity contribution is 9.10. The highest BCUT2D eigenvalue weighted by Crippen LogP contribution is 2.21. The highest BCUT2D eigenvalue weighted by Gasteiger charge is 2.05. The quantitative estimate of drug-likeness (QED) is 0.737. The molecule has 0 unspecified atom stereocenters. The van der Waals surface area contributed by atoms with E-state index in [4.69, 9.17) is 5.73 Å². The molecular formula is C14H12BrN3. The summed E-state index contributed by atoms with van der Waals surface area (Å²) < 4.78 is 3.11. The van der Waals surface area contributed by atoms with E-state index in [1.807, 2.05) is 42.7 Å². The van der Waals surface area contributed by atoms with Gasteiger partial charge >= 0.3 is 0 Å². The number of hydrogen-bond donors (Lipinski definition) is 1. The lowest BCUT2D eigenvalue weighted by atomic mass is 10.2. The average molecular weight is 302 g/mol. The van der Waals surface area contributed by atoms with Gasteiger partial charge in [-0.3, -0.25) is 0 Å². The van der Waals surface area contributed by atoms with Crippen molar-refractivity contribution in [2.24, 2.45) is 0 Å². The van der Waals surface area contributed by atoms with Crippen LogP contribution in [-0.4, -0.2) is 9.55 Å². The summed E-state index contributed by atoms with van der Waals surface area (Å²) in [6.07, 6.45) is 1.85. The van der Waals surface area contributed by atoms with Gasteiger partial charge in [-0.2, -0.15) is 0 Å². The Kier molecular flexibility index (Phi) is 2.80. The summed E-state index contributed by atoms with van der Waals surface area (Å²) in [6, 6.07) is 14.1. The van der Waals surface area contributed by atoms with Crippen molar-refractivity contribution in [3.05, 3.63) is 58.8 Å². The van der Waals surface area contributed by atoms with E-state index < -0.39 is 0 Å². The van der Waals surface area contributed by atoms with Gasteiger partial charge in [0.05, 0.1) is 23.9 Å². The summed E-state index contributed by atoms with van der Waals surface area (Å²) in [5.74, 6) is 0. The number of halogens is 1. The summed E-state index contributed by atoms with van der Waals surface area (Å²) in [5, 5.41) is 0. The molecule has 3 rings (SSSR count). The standard InChI is InChI=1S/C14H12BrN3/c15-11-6-5-10(12(16)7-11)8-18-9-17-13-3-1-2-4-14(13)18/h1-7,9H,8,16H2. The summed E-state index contributed by atoms with van der Waals surface area (Å²) in [4.78, 5) is 4.37. The van der Waals surface area contributed by atoms with Crippen LogP contribution in [0.5, 0.6) is 0 Å². The molecule has 2 N–H and O–H groups in total. The maximum absolute atomic E-state index is 6.02. The Bertz CT molecular complexity index is 703. The zero-order valence-corrected chi connectivity index (χ0v) is 11.3. The third kappa shape index (κ3) is 1.99. The zero-order valence-electron chi connectivity index (χ0n) is 9.68. The van der Waals surface area contributed by atoms with E-state index in [1.165, 1.54) is 0 Å². The zero-order chi connectivity index (χ0) is 12.5. The molecule has 4 heteroatoms. The van der Waals surface area contributed by atoms with Crippen molar-refractivity contribution in [1.29, 1.82) is 0 Å². The molecule has 90 valence electrons. The van der Waals surface area contributed by atoms with Crippen LogP contribution in [0.2, 0.25) is 0 Å². The third-order valence-corrected chi connectivity index (χ3v) is 3.47. The molecule has 0 atom stereocenters. The fraction of sp³-hybridized carbons (Fsp3) is 0.0714. The molecule has 0 aliphatic heterocycles. The van der Waals surface area contributed by atoms with Crippen molar-refractivity contribution in [1.82, 2.24) is 9.55 Å². The Morgan fingerprint density at radius 1 is 1.17 bits per heavy atom. The maximum atomic E-state index is 6.02. The van der Waals surface area contributed by atoms with Gasteiger partial charge in [-0.05, 0) is 29.8 Å². The van der Waals surface area contributed by atoms with Gasteiger partial charge in [0, 0.05) is 10.2 Å². The second kappa shape index (κ2) is 4.46. The van der Waals surface area contributed by atoms with Gasteiger partial charge in [-0.25, -0.2) is 4.98 Å². The fourth-order valence-electron chi connectivity index (χ4n) is 2.03. The van der Waals surface area contributed by atoms with Crippen LogP contribution in [0.3, 0.4) is 0 Å². The molecule has 0 spiro atoms. The van der Waals surface area contributed by atoms with E-state index >= 15 is 0 Å². The first-order valence-corrected chi connectivity index (χ1v) is 6.47. The Morgan fingerprint density at radius 3 is 2.83 bits per heavy atom. The number of benzene rings is 2. The number of nitrogen functional groups attached to an aromatic ring is 1. The first-order chi connectivity index (χ1) is 8.74.